The number of carbonyl (C=O) groups is 1. The highest BCUT2D eigenvalue weighted by atomic mass is 16.5. The number of rotatable bonds is 4. The highest BCUT2D eigenvalue weighted by molar-refractivity contribution is 5.76. The van der Waals surface area contributed by atoms with E-state index in [1.807, 2.05) is 31.2 Å². The van der Waals surface area contributed by atoms with Gasteiger partial charge in [-0.05, 0) is 37.8 Å². The van der Waals surface area contributed by atoms with Crippen LogP contribution in [0.15, 0.2) is 36.4 Å². The predicted molar refractivity (Wildman–Crippen MR) is 69.8 cm³/mol. The maximum Gasteiger partial charge on any atom is 0.313 e. The van der Waals surface area contributed by atoms with E-state index in [0.717, 1.165) is 23.3 Å². The summed E-state index contributed by atoms with van der Waals surface area (Å²) in [5.41, 5.74) is 1.18. The summed E-state index contributed by atoms with van der Waals surface area (Å²) in [7, 11) is 0. The van der Waals surface area contributed by atoms with Crippen molar-refractivity contribution in [3.8, 4) is 5.75 Å². The first kappa shape index (κ1) is 12.7. The Bertz CT molecular complexity index is 478. The standard InChI is InChI=1S/C15H18O3/c1-11(2)7-8-15(14(16)17)9-12-5-3-4-6-13(12)18-10-15/h3-6H,1,7-10H2,2H3,(H,16,17). The van der Waals surface area contributed by atoms with Gasteiger partial charge in [-0.15, -0.1) is 6.58 Å². The van der Waals surface area contributed by atoms with Crippen LogP contribution in [-0.4, -0.2) is 17.7 Å². The molecule has 2 rings (SSSR count). The molecule has 0 aliphatic carbocycles. The SMILES string of the molecule is C=C(C)CCC1(C(=O)O)COc2ccccc2C1. The molecule has 1 heterocycles. The fraction of sp³-hybridized carbons (Fsp3) is 0.400. The zero-order chi connectivity index (χ0) is 13.2. The third kappa shape index (κ3) is 2.40. The number of fused-ring (bicyclic) bond motifs is 1. The van der Waals surface area contributed by atoms with E-state index in [1.54, 1.807) is 0 Å². The molecule has 0 bridgehead atoms. The number of hydrogen-bond donors (Lipinski definition) is 1. The fourth-order valence-electron chi connectivity index (χ4n) is 2.28. The van der Waals surface area contributed by atoms with Crippen molar-refractivity contribution < 1.29 is 14.6 Å². The van der Waals surface area contributed by atoms with Gasteiger partial charge in [0, 0.05) is 0 Å². The van der Waals surface area contributed by atoms with Crippen molar-refractivity contribution in [2.45, 2.75) is 26.2 Å². The molecule has 1 atom stereocenters. The van der Waals surface area contributed by atoms with Crippen molar-refractivity contribution in [2.75, 3.05) is 6.61 Å². The topological polar surface area (TPSA) is 46.5 Å². The molecule has 3 nitrogen and oxygen atoms in total. The fourth-order valence-corrected chi connectivity index (χ4v) is 2.28. The van der Waals surface area contributed by atoms with E-state index < -0.39 is 11.4 Å². The zero-order valence-corrected chi connectivity index (χ0v) is 10.6. The summed E-state index contributed by atoms with van der Waals surface area (Å²) in [6.45, 7) is 6.01. The molecule has 0 saturated carbocycles. The molecule has 1 N–H and O–H groups in total. The van der Waals surface area contributed by atoms with Crippen molar-refractivity contribution >= 4 is 5.97 Å². The molecule has 3 heteroatoms. The van der Waals surface area contributed by atoms with Gasteiger partial charge in [0.1, 0.15) is 17.8 Å². The number of carboxylic acid groups (broad SMARTS) is 1. The van der Waals surface area contributed by atoms with Crippen LogP contribution in [0.25, 0.3) is 0 Å². The summed E-state index contributed by atoms with van der Waals surface area (Å²) in [5, 5.41) is 9.52. The van der Waals surface area contributed by atoms with Gasteiger partial charge >= 0.3 is 5.97 Å². The van der Waals surface area contributed by atoms with Crippen molar-refractivity contribution in [1.29, 1.82) is 0 Å². The van der Waals surface area contributed by atoms with Gasteiger partial charge in [0.2, 0.25) is 0 Å². The quantitative estimate of drug-likeness (QED) is 0.830. The van der Waals surface area contributed by atoms with Gasteiger partial charge in [-0.25, -0.2) is 0 Å². The summed E-state index contributed by atoms with van der Waals surface area (Å²) >= 11 is 0. The highest BCUT2D eigenvalue weighted by Gasteiger charge is 2.42. The lowest BCUT2D eigenvalue weighted by atomic mass is 9.76. The normalized spacial score (nSPS) is 21.8. The number of para-hydroxylation sites is 1. The van der Waals surface area contributed by atoms with Crippen molar-refractivity contribution in [3.63, 3.8) is 0 Å². The molecular weight excluding hydrogens is 228 g/mol. The van der Waals surface area contributed by atoms with Crippen LogP contribution in [0.5, 0.6) is 5.75 Å². The number of carboxylic acids is 1. The van der Waals surface area contributed by atoms with Gasteiger partial charge in [-0.2, -0.15) is 0 Å². The van der Waals surface area contributed by atoms with Gasteiger partial charge in [-0.1, -0.05) is 23.8 Å². The van der Waals surface area contributed by atoms with E-state index in [2.05, 4.69) is 6.58 Å². The Morgan fingerprint density at radius 1 is 1.50 bits per heavy atom. The van der Waals surface area contributed by atoms with Crippen molar-refractivity contribution in [3.05, 3.63) is 42.0 Å². The summed E-state index contributed by atoms with van der Waals surface area (Å²) in [5.74, 6) is 0.0305. The van der Waals surface area contributed by atoms with Gasteiger partial charge < -0.3 is 9.84 Å². The average Bonchev–Trinajstić information content (AvgIpc) is 2.36. The van der Waals surface area contributed by atoms with Crippen LogP contribution in [0, 0.1) is 5.41 Å². The smallest absolute Gasteiger partial charge is 0.313 e. The third-order valence-corrected chi connectivity index (χ3v) is 3.49. The van der Waals surface area contributed by atoms with E-state index in [1.165, 1.54) is 0 Å². The molecule has 96 valence electrons. The minimum atomic E-state index is -0.812. The Morgan fingerprint density at radius 2 is 2.22 bits per heavy atom. The maximum absolute atomic E-state index is 11.6. The van der Waals surface area contributed by atoms with Crippen LogP contribution >= 0.6 is 0 Å². The first-order valence-corrected chi connectivity index (χ1v) is 6.12. The van der Waals surface area contributed by atoms with E-state index in [-0.39, 0.29) is 6.61 Å². The van der Waals surface area contributed by atoms with Crippen LogP contribution in [0.2, 0.25) is 0 Å². The molecule has 1 aromatic rings. The molecule has 1 aliphatic heterocycles. The molecule has 0 amide bonds. The van der Waals surface area contributed by atoms with Gasteiger partial charge in [0.15, 0.2) is 0 Å². The summed E-state index contributed by atoms with van der Waals surface area (Å²) in [6, 6.07) is 7.65. The average molecular weight is 246 g/mol. The molecule has 0 spiro atoms. The van der Waals surface area contributed by atoms with E-state index >= 15 is 0 Å². The van der Waals surface area contributed by atoms with E-state index in [4.69, 9.17) is 4.74 Å². The predicted octanol–water partition coefficient (Wildman–Crippen LogP) is 3.05. The molecule has 0 radical (unpaired) electrons. The molecule has 18 heavy (non-hydrogen) atoms. The summed E-state index contributed by atoms with van der Waals surface area (Å²) in [6.07, 6.45) is 1.83. The first-order chi connectivity index (χ1) is 8.53. The Hall–Kier alpha value is -1.77. The van der Waals surface area contributed by atoms with E-state index in [9.17, 15) is 9.90 Å². The Labute approximate surface area is 107 Å². The monoisotopic (exact) mass is 246 g/mol. The Morgan fingerprint density at radius 3 is 2.89 bits per heavy atom. The number of allylic oxidation sites excluding steroid dienone is 1. The highest BCUT2D eigenvalue weighted by Crippen LogP contribution is 2.38. The zero-order valence-electron chi connectivity index (χ0n) is 10.6. The molecule has 1 unspecified atom stereocenters. The first-order valence-electron chi connectivity index (χ1n) is 6.12. The van der Waals surface area contributed by atoms with E-state index in [0.29, 0.717) is 12.8 Å². The Kier molecular flexibility index (Phi) is 3.41. The minimum absolute atomic E-state index is 0.243. The van der Waals surface area contributed by atoms with Crippen LogP contribution < -0.4 is 4.74 Å². The molecule has 0 fully saturated rings. The lowest BCUT2D eigenvalue weighted by Gasteiger charge is -2.34. The van der Waals surface area contributed by atoms with Gasteiger partial charge in [0.25, 0.3) is 0 Å². The van der Waals surface area contributed by atoms with Gasteiger partial charge in [-0.3, -0.25) is 4.79 Å². The molecule has 1 aromatic carbocycles. The van der Waals surface area contributed by atoms with Crippen LogP contribution in [0.4, 0.5) is 0 Å². The van der Waals surface area contributed by atoms with Crippen LogP contribution in [0.1, 0.15) is 25.3 Å². The lowest BCUT2D eigenvalue weighted by Crippen LogP contribution is -2.42. The molecular formula is C15H18O3. The Balaban J connectivity index is 2.24. The second-order valence-corrected chi connectivity index (χ2v) is 5.12. The van der Waals surface area contributed by atoms with Gasteiger partial charge in [0.05, 0.1) is 0 Å². The number of benzene rings is 1. The lowest BCUT2D eigenvalue weighted by molar-refractivity contribution is -0.152. The minimum Gasteiger partial charge on any atom is -0.492 e. The molecule has 0 aromatic heterocycles. The second-order valence-electron chi connectivity index (χ2n) is 5.12. The molecule has 0 saturated heterocycles. The second kappa shape index (κ2) is 4.84. The van der Waals surface area contributed by atoms with Crippen LogP contribution in [0.3, 0.4) is 0 Å². The third-order valence-electron chi connectivity index (χ3n) is 3.49. The number of aliphatic carboxylic acids is 1. The maximum atomic E-state index is 11.6. The molecule has 1 aliphatic rings. The largest absolute Gasteiger partial charge is 0.492 e. The van der Waals surface area contributed by atoms with Crippen molar-refractivity contribution in [1.82, 2.24) is 0 Å². The number of ether oxygens (including phenoxy) is 1. The summed E-state index contributed by atoms with van der Waals surface area (Å²) < 4.78 is 5.62. The number of hydrogen-bond acceptors (Lipinski definition) is 2. The van der Waals surface area contributed by atoms with Crippen LogP contribution in [-0.2, 0) is 11.2 Å². The van der Waals surface area contributed by atoms with Crippen molar-refractivity contribution in [2.24, 2.45) is 5.41 Å². The summed E-state index contributed by atoms with van der Waals surface area (Å²) in [4.78, 5) is 11.6.